The molecule has 0 bridgehead atoms. The van der Waals surface area contributed by atoms with Gasteiger partial charge in [0.05, 0.1) is 17.2 Å². The van der Waals surface area contributed by atoms with Crippen LogP contribution >= 0.6 is 0 Å². The van der Waals surface area contributed by atoms with E-state index in [0.29, 0.717) is 30.5 Å². The predicted octanol–water partition coefficient (Wildman–Crippen LogP) is 2.61. The average Bonchev–Trinajstić information content (AvgIpc) is 2.62. The molecule has 4 nitrogen and oxygen atoms in total. The van der Waals surface area contributed by atoms with Gasteiger partial charge in [0.25, 0.3) is 11.8 Å². The van der Waals surface area contributed by atoms with Crippen molar-refractivity contribution in [3.05, 3.63) is 35.4 Å². The molecule has 0 aromatic heterocycles. The molecule has 2 rings (SSSR count). The third-order valence-corrected chi connectivity index (χ3v) is 3.38. The van der Waals surface area contributed by atoms with E-state index in [1.54, 1.807) is 24.3 Å². The summed E-state index contributed by atoms with van der Waals surface area (Å²) in [6.07, 6.45) is 1.09. The lowest BCUT2D eigenvalue weighted by Crippen LogP contribution is -2.38. The molecule has 2 amide bonds. The lowest BCUT2D eigenvalue weighted by Gasteiger charge is -2.28. The molecule has 0 N–H and O–H groups in total. The number of hydrogen-bond acceptors (Lipinski definition) is 3. The third kappa shape index (κ3) is 2.50. The van der Waals surface area contributed by atoms with Crippen molar-refractivity contribution in [2.24, 2.45) is 5.41 Å². The van der Waals surface area contributed by atoms with Gasteiger partial charge in [0, 0.05) is 13.0 Å². The highest BCUT2D eigenvalue weighted by Crippen LogP contribution is 2.29. The SMILES string of the molecule is CC(C)(CCC#N)CN1C(=O)c2ccccc2C1=O. The Labute approximate surface area is 112 Å². The number of benzene rings is 1. The van der Waals surface area contributed by atoms with Gasteiger partial charge in [0.2, 0.25) is 0 Å². The minimum absolute atomic E-state index is 0.231. The smallest absolute Gasteiger partial charge is 0.261 e. The van der Waals surface area contributed by atoms with Gasteiger partial charge in [-0.25, -0.2) is 0 Å². The van der Waals surface area contributed by atoms with Crippen LogP contribution in [0.15, 0.2) is 24.3 Å². The summed E-state index contributed by atoms with van der Waals surface area (Å²) in [7, 11) is 0. The summed E-state index contributed by atoms with van der Waals surface area (Å²) >= 11 is 0. The summed E-state index contributed by atoms with van der Waals surface area (Å²) in [5, 5.41) is 8.64. The van der Waals surface area contributed by atoms with Crippen molar-refractivity contribution in [2.45, 2.75) is 26.7 Å². The fraction of sp³-hybridized carbons (Fsp3) is 0.400. The Morgan fingerprint density at radius 1 is 1.16 bits per heavy atom. The molecule has 0 saturated heterocycles. The number of carbonyl (C=O) groups excluding carboxylic acids is 2. The van der Waals surface area contributed by atoms with E-state index in [0.717, 1.165) is 0 Å². The number of rotatable bonds is 4. The van der Waals surface area contributed by atoms with Crippen LogP contribution in [-0.4, -0.2) is 23.3 Å². The number of nitrogens with zero attached hydrogens (tertiary/aromatic N) is 2. The van der Waals surface area contributed by atoms with Gasteiger partial charge in [-0.15, -0.1) is 0 Å². The Hall–Kier alpha value is -2.15. The van der Waals surface area contributed by atoms with Gasteiger partial charge >= 0.3 is 0 Å². The number of fused-ring (bicyclic) bond motifs is 1. The molecular weight excluding hydrogens is 240 g/mol. The average molecular weight is 256 g/mol. The van der Waals surface area contributed by atoms with Crippen LogP contribution in [0.1, 0.15) is 47.4 Å². The molecule has 0 unspecified atom stereocenters. The van der Waals surface area contributed by atoms with E-state index >= 15 is 0 Å². The fourth-order valence-electron chi connectivity index (χ4n) is 2.28. The molecule has 1 aromatic rings. The van der Waals surface area contributed by atoms with Gasteiger partial charge in [-0.05, 0) is 24.0 Å². The largest absolute Gasteiger partial charge is 0.274 e. The second-order valence-corrected chi connectivity index (χ2v) is 5.56. The molecule has 0 saturated carbocycles. The van der Waals surface area contributed by atoms with Crippen LogP contribution in [0.25, 0.3) is 0 Å². The Kier molecular flexibility index (Phi) is 3.39. The van der Waals surface area contributed by atoms with Crippen LogP contribution < -0.4 is 0 Å². The maximum Gasteiger partial charge on any atom is 0.261 e. The molecule has 4 heteroatoms. The van der Waals surface area contributed by atoms with Crippen molar-refractivity contribution in [1.29, 1.82) is 5.26 Å². The number of hydrogen-bond donors (Lipinski definition) is 0. The minimum atomic E-state index is -0.247. The van der Waals surface area contributed by atoms with E-state index in [1.807, 2.05) is 13.8 Å². The zero-order valence-corrected chi connectivity index (χ0v) is 11.1. The number of carbonyl (C=O) groups is 2. The molecule has 0 spiro atoms. The summed E-state index contributed by atoms with van der Waals surface area (Å²) in [4.78, 5) is 25.7. The fourth-order valence-corrected chi connectivity index (χ4v) is 2.28. The molecule has 0 radical (unpaired) electrons. The maximum absolute atomic E-state index is 12.2. The van der Waals surface area contributed by atoms with Crippen LogP contribution in [0.5, 0.6) is 0 Å². The minimum Gasteiger partial charge on any atom is -0.274 e. The number of nitriles is 1. The van der Waals surface area contributed by atoms with Gasteiger partial charge in [-0.3, -0.25) is 14.5 Å². The zero-order valence-electron chi connectivity index (χ0n) is 11.1. The monoisotopic (exact) mass is 256 g/mol. The molecule has 0 fully saturated rings. The number of imide groups is 1. The van der Waals surface area contributed by atoms with E-state index in [1.165, 1.54) is 4.90 Å². The van der Waals surface area contributed by atoms with Crippen LogP contribution in [0.4, 0.5) is 0 Å². The van der Waals surface area contributed by atoms with Crippen LogP contribution in [-0.2, 0) is 0 Å². The summed E-state index contributed by atoms with van der Waals surface area (Å²) < 4.78 is 0. The topological polar surface area (TPSA) is 61.2 Å². The van der Waals surface area contributed by atoms with Crippen LogP contribution in [0.3, 0.4) is 0 Å². The first-order valence-corrected chi connectivity index (χ1v) is 6.28. The Morgan fingerprint density at radius 2 is 1.68 bits per heavy atom. The summed E-state index contributed by atoms with van der Waals surface area (Å²) in [6.45, 7) is 4.28. The highest BCUT2D eigenvalue weighted by molar-refractivity contribution is 6.21. The van der Waals surface area contributed by atoms with Gasteiger partial charge in [-0.1, -0.05) is 26.0 Å². The normalized spacial score (nSPS) is 14.5. The highest BCUT2D eigenvalue weighted by atomic mass is 16.2. The van der Waals surface area contributed by atoms with Crippen LogP contribution in [0, 0.1) is 16.7 Å². The van der Waals surface area contributed by atoms with Crippen molar-refractivity contribution in [3.8, 4) is 6.07 Å². The van der Waals surface area contributed by atoms with Crippen molar-refractivity contribution in [2.75, 3.05) is 6.54 Å². The first-order chi connectivity index (χ1) is 8.96. The molecule has 1 heterocycles. The second kappa shape index (κ2) is 4.85. The first-order valence-electron chi connectivity index (χ1n) is 6.28. The molecule has 0 atom stereocenters. The predicted molar refractivity (Wildman–Crippen MR) is 70.4 cm³/mol. The lowest BCUT2D eigenvalue weighted by molar-refractivity contribution is 0.0585. The maximum atomic E-state index is 12.2. The van der Waals surface area contributed by atoms with E-state index in [-0.39, 0.29) is 17.2 Å². The molecule has 1 aliphatic rings. The van der Waals surface area contributed by atoms with Crippen LogP contribution in [0.2, 0.25) is 0 Å². The standard InChI is InChI=1S/C15H16N2O2/c1-15(2,8-5-9-16)10-17-13(18)11-6-3-4-7-12(11)14(17)19/h3-4,6-7H,5,8,10H2,1-2H3. The molecule has 1 aromatic carbocycles. The molecule has 1 aliphatic heterocycles. The van der Waals surface area contributed by atoms with Gasteiger partial charge in [-0.2, -0.15) is 5.26 Å². The van der Waals surface area contributed by atoms with Crippen molar-refractivity contribution >= 4 is 11.8 Å². The van der Waals surface area contributed by atoms with Gasteiger partial charge < -0.3 is 0 Å². The van der Waals surface area contributed by atoms with Crippen molar-refractivity contribution < 1.29 is 9.59 Å². The highest BCUT2D eigenvalue weighted by Gasteiger charge is 2.37. The quantitative estimate of drug-likeness (QED) is 0.778. The molecule has 98 valence electrons. The Morgan fingerprint density at radius 3 is 2.16 bits per heavy atom. The van der Waals surface area contributed by atoms with Gasteiger partial charge in [0.1, 0.15) is 0 Å². The molecule has 0 aliphatic carbocycles. The van der Waals surface area contributed by atoms with Gasteiger partial charge in [0.15, 0.2) is 0 Å². The van der Waals surface area contributed by atoms with E-state index in [9.17, 15) is 9.59 Å². The summed E-state index contributed by atoms with van der Waals surface area (Å²) in [5.41, 5.74) is 0.704. The summed E-state index contributed by atoms with van der Waals surface area (Å²) in [6, 6.07) is 8.97. The Balaban J connectivity index is 2.19. The molecular formula is C15H16N2O2. The third-order valence-electron chi connectivity index (χ3n) is 3.38. The lowest BCUT2D eigenvalue weighted by atomic mass is 9.87. The summed E-state index contributed by atoms with van der Waals surface area (Å²) in [5.74, 6) is -0.462. The Bertz CT molecular complexity index is 535. The van der Waals surface area contributed by atoms with E-state index in [2.05, 4.69) is 6.07 Å². The van der Waals surface area contributed by atoms with E-state index < -0.39 is 0 Å². The van der Waals surface area contributed by atoms with E-state index in [4.69, 9.17) is 5.26 Å². The number of amides is 2. The van der Waals surface area contributed by atoms with Crippen molar-refractivity contribution in [1.82, 2.24) is 4.90 Å². The second-order valence-electron chi connectivity index (χ2n) is 5.56. The zero-order chi connectivity index (χ0) is 14.0. The first kappa shape index (κ1) is 13.3. The van der Waals surface area contributed by atoms with Crippen molar-refractivity contribution in [3.63, 3.8) is 0 Å². The molecule has 19 heavy (non-hydrogen) atoms.